The first-order valence-corrected chi connectivity index (χ1v) is 5.77. The fourth-order valence-corrected chi connectivity index (χ4v) is 1.59. The van der Waals surface area contributed by atoms with Crippen LogP contribution in [0.25, 0.3) is 0 Å². The van der Waals surface area contributed by atoms with Crippen molar-refractivity contribution in [3.8, 4) is 5.75 Å². The molecule has 0 spiro atoms. The monoisotopic (exact) mass is 300 g/mol. The predicted molar refractivity (Wildman–Crippen MR) is 66.3 cm³/mol. The van der Waals surface area contributed by atoms with Crippen molar-refractivity contribution in [1.29, 1.82) is 0 Å². The van der Waals surface area contributed by atoms with E-state index in [2.05, 4.69) is 15.2 Å². The van der Waals surface area contributed by atoms with Crippen LogP contribution in [-0.4, -0.2) is 35.4 Å². The number of carbonyl (C=O) groups is 2. The van der Waals surface area contributed by atoms with Gasteiger partial charge < -0.3 is 20.0 Å². The Hall–Kier alpha value is -2.71. The van der Waals surface area contributed by atoms with E-state index in [0.29, 0.717) is 5.69 Å². The van der Waals surface area contributed by atoms with Gasteiger partial charge in [0.05, 0.1) is 0 Å². The van der Waals surface area contributed by atoms with Crippen molar-refractivity contribution >= 4 is 23.3 Å². The van der Waals surface area contributed by atoms with Crippen molar-refractivity contribution in [3.63, 3.8) is 0 Å². The summed E-state index contributed by atoms with van der Waals surface area (Å²) in [5.41, 5.74) is 0.0878. The molecule has 1 aliphatic heterocycles. The smallest absolute Gasteiger partial charge is 0.387 e. The van der Waals surface area contributed by atoms with Crippen molar-refractivity contribution < 1.29 is 33.1 Å². The maximum Gasteiger partial charge on any atom is 0.387 e. The minimum Gasteiger partial charge on any atom is -0.477 e. The van der Waals surface area contributed by atoms with Crippen molar-refractivity contribution in [3.05, 3.63) is 24.3 Å². The average Bonchev–Trinajstić information content (AvgIpc) is 2.90. The molecule has 1 aromatic carbocycles. The van der Waals surface area contributed by atoms with Crippen molar-refractivity contribution in [2.24, 2.45) is 5.16 Å². The van der Waals surface area contributed by atoms with Crippen LogP contribution >= 0.6 is 0 Å². The Balaban J connectivity index is 1.90. The lowest BCUT2D eigenvalue weighted by molar-refractivity contribution is -0.129. The number of nitrogens with zero attached hydrogens (tertiary/aromatic N) is 1. The molecule has 0 saturated heterocycles. The van der Waals surface area contributed by atoms with Crippen LogP contribution in [0.5, 0.6) is 5.75 Å². The molecule has 1 aromatic rings. The second-order valence-electron chi connectivity index (χ2n) is 4.03. The van der Waals surface area contributed by atoms with Crippen molar-refractivity contribution in [2.45, 2.75) is 19.1 Å². The molecule has 21 heavy (non-hydrogen) atoms. The molecule has 7 nitrogen and oxygen atoms in total. The molecule has 1 unspecified atom stereocenters. The van der Waals surface area contributed by atoms with Crippen LogP contribution in [0.15, 0.2) is 29.4 Å². The maximum absolute atomic E-state index is 12.0. The number of carbonyl (C=O) groups excluding carboxylic acids is 1. The average molecular weight is 300 g/mol. The molecule has 0 aromatic heterocycles. The number of benzene rings is 1. The van der Waals surface area contributed by atoms with Crippen molar-refractivity contribution in [1.82, 2.24) is 0 Å². The van der Waals surface area contributed by atoms with Crippen LogP contribution in [0, 0.1) is 0 Å². The summed E-state index contributed by atoms with van der Waals surface area (Å²) in [5.74, 6) is -1.88. The molecule has 1 aliphatic rings. The van der Waals surface area contributed by atoms with Crippen LogP contribution < -0.4 is 10.1 Å². The highest BCUT2D eigenvalue weighted by molar-refractivity contribution is 6.36. The standard InChI is InChI=1S/C12H10F2N2O5/c13-12(14)20-7-3-1-6(2-4-7)15-10(17)9-5-8(11(18)19)16-21-9/h1-4,9,12H,5H2,(H,15,17)(H,18,19). The lowest BCUT2D eigenvalue weighted by Gasteiger charge is -2.10. The van der Waals surface area contributed by atoms with Crippen LogP contribution in [0.3, 0.4) is 0 Å². The summed E-state index contributed by atoms with van der Waals surface area (Å²) in [7, 11) is 0. The van der Waals surface area contributed by atoms with E-state index in [1.165, 1.54) is 24.3 Å². The van der Waals surface area contributed by atoms with Gasteiger partial charge in [0, 0.05) is 12.1 Å². The zero-order valence-electron chi connectivity index (χ0n) is 10.5. The van der Waals surface area contributed by atoms with Gasteiger partial charge in [-0.3, -0.25) is 4.79 Å². The Labute approximate surface area is 117 Å². The molecule has 0 radical (unpaired) electrons. The number of carboxylic acid groups (broad SMARTS) is 1. The number of carboxylic acids is 1. The lowest BCUT2D eigenvalue weighted by atomic mass is 10.1. The number of amides is 1. The number of hydrogen-bond acceptors (Lipinski definition) is 5. The third-order valence-electron chi connectivity index (χ3n) is 2.56. The van der Waals surface area contributed by atoms with E-state index in [4.69, 9.17) is 9.94 Å². The Morgan fingerprint density at radius 1 is 1.38 bits per heavy atom. The van der Waals surface area contributed by atoms with Gasteiger partial charge in [-0.15, -0.1) is 0 Å². The maximum atomic E-state index is 12.0. The molecule has 1 amide bonds. The second kappa shape index (κ2) is 6.16. The van der Waals surface area contributed by atoms with Crippen LogP contribution in [-0.2, 0) is 14.4 Å². The van der Waals surface area contributed by atoms with Gasteiger partial charge in [0.1, 0.15) is 5.75 Å². The Bertz CT molecular complexity index is 574. The summed E-state index contributed by atoms with van der Waals surface area (Å²) in [6, 6.07) is 5.25. The number of halogens is 2. The molecule has 0 saturated carbocycles. The van der Waals surface area contributed by atoms with Crippen LogP contribution in [0.1, 0.15) is 6.42 Å². The summed E-state index contributed by atoms with van der Waals surface area (Å²) < 4.78 is 28.1. The molecule has 0 aliphatic carbocycles. The number of alkyl halides is 2. The molecule has 2 N–H and O–H groups in total. The largest absolute Gasteiger partial charge is 0.477 e. The number of hydrogen-bond donors (Lipinski definition) is 2. The minimum atomic E-state index is -2.93. The Morgan fingerprint density at radius 2 is 2.05 bits per heavy atom. The summed E-state index contributed by atoms with van der Waals surface area (Å²) in [6.07, 6.45) is -1.18. The number of rotatable bonds is 5. The van der Waals surface area contributed by atoms with E-state index < -0.39 is 24.6 Å². The zero-order valence-corrected chi connectivity index (χ0v) is 10.5. The fourth-order valence-electron chi connectivity index (χ4n) is 1.59. The first-order valence-electron chi connectivity index (χ1n) is 5.77. The quantitative estimate of drug-likeness (QED) is 0.858. The minimum absolute atomic E-state index is 0.0448. The number of ether oxygens (including phenoxy) is 1. The molecule has 1 atom stereocenters. The van der Waals surface area contributed by atoms with E-state index in [1.807, 2.05) is 0 Å². The van der Waals surface area contributed by atoms with Gasteiger partial charge in [0.25, 0.3) is 5.91 Å². The van der Waals surface area contributed by atoms with E-state index in [1.54, 1.807) is 0 Å². The van der Waals surface area contributed by atoms with E-state index in [0.717, 1.165) is 0 Å². The summed E-state index contributed by atoms with van der Waals surface area (Å²) in [5, 5.41) is 14.4. The Morgan fingerprint density at radius 3 is 2.57 bits per heavy atom. The van der Waals surface area contributed by atoms with E-state index >= 15 is 0 Å². The van der Waals surface area contributed by atoms with Gasteiger partial charge >= 0.3 is 12.6 Å². The van der Waals surface area contributed by atoms with E-state index in [9.17, 15) is 18.4 Å². The molecule has 0 fully saturated rings. The molecule has 112 valence electrons. The zero-order chi connectivity index (χ0) is 15.4. The van der Waals surface area contributed by atoms with E-state index in [-0.39, 0.29) is 17.9 Å². The SMILES string of the molecule is O=C(O)C1=NOC(C(=O)Nc2ccc(OC(F)F)cc2)C1. The predicted octanol–water partition coefficient (Wildman–Crippen LogP) is 1.46. The normalized spacial score (nSPS) is 17.1. The van der Waals surface area contributed by atoms with Gasteiger partial charge in [0.2, 0.25) is 6.10 Å². The third-order valence-corrected chi connectivity index (χ3v) is 2.56. The number of oxime groups is 1. The van der Waals surface area contributed by atoms with Gasteiger partial charge in [-0.2, -0.15) is 8.78 Å². The Kier molecular flexibility index (Phi) is 4.31. The number of anilines is 1. The molecular weight excluding hydrogens is 290 g/mol. The molecule has 0 bridgehead atoms. The van der Waals surface area contributed by atoms with Crippen LogP contribution in [0.2, 0.25) is 0 Å². The molecule has 1 heterocycles. The highest BCUT2D eigenvalue weighted by Crippen LogP contribution is 2.19. The topological polar surface area (TPSA) is 97.2 Å². The van der Waals surface area contributed by atoms with Gasteiger partial charge in [-0.05, 0) is 24.3 Å². The second-order valence-corrected chi connectivity index (χ2v) is 4.03. The summed E-state index contributed by atoms with van der Waals surface area (Å²) in [4.78, 5) is 27.1. The first kappa shape index (κ1) is 14.7. The third kappa shape index (κ3) is 3.88. The van der Waals surface area contributed by atoms with Crippen molar-refractivity contribution in [2.75, 3.05) is 5.32 Å². The molecular formula is C12H10F2N2O5. The first-order chi connectivity index (χ1) is 9.95. The molecule has 9 heteroatoms. The number of nitrogens with one attached hydrogen (secondary N) is 1. The number of aliphatic carboxylic acids is 1. The lowest BCUT2D eigenvalue weighted by Crippen LogP contribution is -2.28. The highest BCUT2D eigenvalue weighted by atomic mass is 19.3. The van der Waals surface area contributed by atoms with Gasteiger partial charge in [-0.1, -0.05) is 5.16 Å². The van der Waals surface area contributed by atoms with Gasteiger partial charge in [0.15, 0.2) is 5.71 Å². The van der Waals surface area contributed by atoms with Gasteiger partial charge in [-0.25, -0.2) is 4.79 Å². The summed E-state index contributed by atoms with van der Waals surface area (Å²) >= 11 is 0. The molecule has 2 rings (SSSR count). The van der Waals surface area contributed by atoms with Crippen LogP contribution in [0.4, 0.5) is 14.5 Å². The summed E-state index contributed by atoms with van der Waals surface area (Å²) in [6.45, 7) is -2.93. The fraction of sp³-hybridized carbons (Fsp3) is 0.250. The highest BCUT2D eigenvalue weighted by Gasteiger charge is 2.31.